The van der Waals surface area contributed by atoms with Crippen LogP contribution in [0.5, 0.6) is 0 Å². The number of nitrogens with one attached hydrogen (secondary N) is 1. The standard InChI is InChI=1S/C14H27BN2O5/c1-13(2)14(3,4)22-15(21-13)7-5-6-10(8-11(18)19)9-17-12(16)20/h10H,5-9H2,1-4H3,(H,18,19)(H3,16,17,20). The fourth-order valence-corrected chi connectivity index (χ4v) is 2.42. The largest absolute Gasteiger partial charge is 0.481 e. The molecule has 4 N–H and O–H groups in total. The molecule has 1 saturated heterocycles. The molecule has 8 heteroatoms. The van der Waals surface area contributed by atoms with Gasteiger partial charge in [-0.2, -0.15) is 0 Å². The van der Waals surface area contributed by atoms with Crippen LogP contribution in [0.3, 0.4) is 0 Å². The highest BCUT2D eigenvalue weighted by atomic mass is 16.7. The Morgan fingerprint density at radius 2 is 1.77 bits per heavy atom. The van der Waals surface area contributed by atoms with Gasteiger partial charge in [0.25, 0.3) is 0 Å². The second-order valence-electron chi connectivity index (χ2n) is 6.83. The van der Waals surface area contributed by atoms with Gasteiger partial charge in [0, 0.05) is 13.0 Å². The van der Waals surface area contributed by atoms with Crippen molar-refractivity contribution in [1.82, 2.24) is 5.32 Å². The summed E-state index contributed by atoms with van der Waals surface area (Å²) in [5.74, 6) is -1.03. The van der Waals surface area contributed by atoms with E-state index in [4.69, 9.17) is 20.1 Å². The molecule has 22 heavy (non-hydrogen) atoms. The van der Waals surface area contributed by atoms with Gasteiger partial charge in [-0.3, -0.25) is 4.79 Å². The molecule has 1 rings (SSSR count). The first-order valence-electron chi connectivity index (χ1n) is 7.64. The molecule has 0 bridgehead atoms. The topological polar surface area (TPSA) is 111 Å². The quantitative estimate of drug-likeness (QED) is 0.590. The number of carboxylic acids is 1. The fourth-order valence-electron chi connectivity index (χ4n) is 2.42. The van der Waals surface area contributed by atoms with Gasteiger partial charge in [0.05, 0.1) is 11.2 Å². The summed E-state index contributed by atoms with van der Waals surface area (Å²) in [4.78, 5) is 21.6. The number of aliphatic carboxylic acids is 1. The van der Waals surface area contributed by atoms with Crippen molar-refractivity contribution in [3.8, 4) is 0 Å². The van der Waals surface area contributed by atoms with Crippen LogP contribution in [-0.2, 0) is 14.1 Å². The molecule has 0 radical (unpaired) electrons. The molecule has 0 saturated carbocycles. The third-order valence-corrected chi connectivity index (χ3v) is 4.38. The SMILES string of the molecule is CC1(C)OB(CCCC(CNC(N)=O)CC(=O)O)OC1(C)C. The van der Waals surface area contributed by atoms with Crippen LogP contribution in [0.4, 0.5) is 4.79 Å². The summed E-state index contributed by atoms with van der Waals surface area (Å²) in [5.41, 5.74) is 4.31. The Morgan fingerprint density at radius 3 is 2.23 bits per heavy atom. The van der Waals surface area contributed by atoms with Gasteiger partial charge in [0.15, 0.2) is 0 Å². The molecule has 0 aromatic heterocycles. The molecule has 1 fully saturated rings. The first kappa shape index (κ1) is 18.8. The van der Waals surface area contributed by atoms with Crippen LogP contribution >= 0.6 is 0 Å². The van der Waals surface area contributed by atoms with Crippen LogP contribution in [0, 0.1) is 5.92 Å². The lowest BCUT2D eigenvalue weighted by molar-refractivity contribution is -0.138. The van der Waals surface area contributed by atoms with Crippen molar-refractivity contribution < 1.29 is 24.0 Å². The Kier molecular flexibility index (Phi) is 6.25. The zero-order valence-corrected chi connectivity index (χ0v) is 13.8. The Hall–Kier alpha value is -1.28. The highest BCUT2D eigenvalue weighted by Crippen LogP contribution is 2.38. The van der Waals surface area contributed by atoms with Gasteiger partial charge < -0.3 is 25.5 Å². The molecule has 126 valence electrons. The molecular formula is C14H27BN2O5. The molecule has 7 nitrogen and oxygen atoms in total. The van der Waals surface area contributed by atoms with Crippen LogP contribution < -0.4 is 11.1 Å². The summed E-state index contributed by atoms with van der Waals surface area (Å²) >= 11 is 0. The Morgan fingerprint density at radius 1 is 1.23 bits per heavy atom. The third kappa shape index (κ3) is 5.49. The number of carboxylic acid groups (broad SMARTS) is 1. The molecule has 0 aromatic carbocycles. The van der Waals surface area contributed by atoms with Crippen molar-refractivity contribution in [1.29, 1.82) is 0 Å². The molecule has 1 unspecified atom stereocenters. The summed E-state index contributed by atoms with van der Waals surface area (Å²) in [6.07, 6.45) is 2.12. The van der Waals surface area contributed by atoms with Gasteiger partial charge in [-0.05, 0) is 46.4 Å². The highest BCUT2D eigenvalue weighted by molar-refractivity contribution is 6.45. The van der Waals surface area contributed by atoms with Gasteiger partial charge in [-0.1, -0.05) is 6.42 Å². The normalized spacial score (nSPS) is 20.6. The molecule has 1 aliphatic heterocycles. The van der Waals surface area contributed by atoms with Crippen molar-refractivity contribution in [3.63, 3.8) is 0 Å². The van der Waals surface area contributed by atoms with Crippen molar-refractivity contribution in [2.75, 3.05) is 6.54 Å². The number of hydrogen-bond acceptors (Lipinski definition) is 4. The fraction of sp³-hybridized carbons (Fsp3) is 0.857. The van der Waals surface area contributed by atoms with Crippen LogP contribution in [0.15, 0.2) is 0 Å². The lowest BCUT2D eigenvalue weighted by Gasteiger charge is -2.32. The maximum absolute atomic E-state index is 10.9. The number of hydrogen-bond donors (Lipinski definition) is 3. The van der Waals surface area contributed by atoms with E-state index in [2.05, 4.69) is 5.32 Å². The summed E-state index contributed by atoms with van der Waals surface area (Å²) in [7, 11) is -0.278. The first-order chi connectivity index (χ1) is 10.0. The van der Waals surface area contributed by atoms with Crippen LogP contribution in [0.1, 0.15) is 47.0 Å². The zero-order valence-electron chi connectivity index (χ0n) is 13.8. The lowest BCUT2D eigenvalue weighted by atomic mass is 9.80. The van der Waals surface area contributed by atoms with Gasteiger partial charge in [0.2, 0.25) is 0 Å². The number of carbonyl (C=O) groups is 2. The van der Waals surface area contributed by atoms with Crippen molar-refractivity contribution >= 4 is 19.1 Å². The molecule has 1 heterocycles. The molecule has 0 aromatic rings. The first-order valence-corrected chi connectivity index (χ1v) is 7.64. The Balaban J connectivity index is 2.39. The summed E-state index contributed by atoms with van der Waals surface area (Å²) < 4.78 is 11.8. The van der Waals surface area contributed by atoms with Crippen LogP contribution in [0.25, 0.3) is 0 Å². The van der Waals surface area contributed by atoms with Crippen molar-refractivity contribution in [2.45, 2.75) is 64.5 Å². The maximum atomic E-state index is 10.9. The van der Waals surface area contributed by atoms with E-state index in [-0.39, 0.29) is 37.2 Å². The minimum atomic E-state index is -0.882. The second-order valence-corrected chi connectivity index (χ2v) is 6.83. The van der Waals surface area contributed by atoms with Gasteiger partial charge >= 0.3 is 19.1 Å². The Labute approximate surface area is 132 Å². The predicted molar refractivity (Wildman–Crippen MR) is 83.5 cm³/mol. The number of carbonyl (C=O) groups excluding carboxylic acids is 1. The average molecular weight is 314 g/mol. The van der Waals surface area contributed by atoms with E-state index < -0.39 is 12.0 Å². The number of nitrogens with two attached hydrogens (primary N) is 1. The van der Waals surface area contributed by atoms with E-state index in [0.29, 0.717) is 12.7 Å². The molecule has 2 amide bonds. The average Bonchev–Trinajstić information content (AvgIpc) is 2.53. The van der Waals surface area contributed by atoms with Crippen molar-refractivity contribution in [3.05, 3.63) is 0 Å². The Bertz CT molecular complexity index is 398. The lowest BCUT2D eigenvalue weighted by Crippen LogP contribution is -2.41. The van der Waals surface area contributed by atoms with E-state index in [9.17, 15) is 9.59 Å². The van der Waals surface area contributed by atoms with E-state index in [1.54, 1.807) is 0 Å². The summed E-state index contributed by atoms with van der Waals surface area (Å²) in [5, 5.41) is 11.4. The van der Waals surface area contributed by atoms with E-state index in [0.717, 1.165) is 6.42 Å². The van der Waals surface area contributed by atoms with Crippen molar-refractivity contribution in [2.24, 2.45) is 11.7 Å². The van der Waals surface area contributed by atoms with Crippen LogP contribution in [-0.4, -0.2) is 42.0 Å². The van der Waals surface area contributed by atoms with Gasteiger partial charge in [-0.25, -0.2) is 4.79 Å². The minimum absolute atomic E-state index is 0.00362. The number of urea groups is 1. The number of rotatable bonds is 8. The highest BCUT2D eigenvalue weighted by Gasteiger charge is 2.50. The third-order valence-electron chi connectivity index (χ3n) is 4.38. The molecular weight excluding hydrogens is 287 g/mol. The van der Waals surface area contributed by atoms with Gasteiger partial charge in [-0.15, -0.1) is 0 Å². The maximum Gasteiger partial charge on any atom is 0.457 e. The predicted octanol–water partition coefficient (Wildman–Crippen LogP) is 1.62. The van der Waals surface area contributed by atoms with Crippen LogP contribution in [0.2, 0.25) is 6.32 Å². The van der Waals surface area contributed by atoms with E-state index in [1.807, 2.05) is 27.7 Å². The smallest absolute Gasteiger partial charge is 0.457 e. The van der Waals surface area contributed by atoms with E-state index >= 15 is 0 Å². The monoisotopic (exact) mass is 314 g/mol. The van der Waals surface area contributed by atoms with E-state index in [1.165, 1.54) is 0 Å². The summed E-state index contributed by atoms with van der Waals surface area (Å²) in [6.45, 7) is 8.26. The summed E-state index contributed by atoms with van der Waals surface area (Å²) in [6, 6.07) is -0.638. The molecule has 0 spiro atoms. The molecule has 1 atom stereocenters. The molecule has 1 aliphatic rings. The minimum Gasteiger partial charge on any atom is -0.481 e. The number of primary amides is 1. The molecule has 0 aliphatic carbocycles. The van der Waals surface area contributed by atoms with Gasteiger partial charge in [0.1, 0.15) is 0 Å². The number of amides is 2. The zero-order chi connectivity index (χ0) is 17.0. The second kappa shape index (κ2) is 7.33.